The topological polar surface area (TPSA) is 17.4 Å². The lowest BCUT2D eigenvalue weighted by Crippen LogP contribution is -2.31. The number of aromatic nitrogens is 1. The highest BCUT2D eigenvalue weighted by Gasteiger charge is 2.49. The average molecular weight is 799 g/mol. The second kappa shape index (κ2) is 13.4. The summed E-state index contributed by atoms with van der Waals surface area (Å²) in [4.78, 5) is 2.36. The highest BCUT2D eigenvalue weighted by atomic mass is 79.9. The Morgan fingerprint density at radius 1 is 0.510 bits per heavy atom. The van der Waals surface area contributed by atoms with Crippen LogP contribution in [0.2, 0.25) is 0 Å². The monoisotopic (exact) mass is 796 g/mol. The quantitative estimate of drug-likeness (QED) is 0.145. The molecule has 1 aliphatic rings. The molecule has 3 nitrogen and oxygen atoms in total. The predicted octanol–water partition coefficient (Wildman–Crippen LogP) is 14.5. The molecule has 0 saturated carbocycles. The summed E-state index contributed by atoms with van der Waals surface area (Å²) in [5.74, 6) is 0. The molecule has 0 radical (unpaired) electrons. The van der Waals surface area contributed by atoms with Gasteiger partial charge in [0.2, 0.25) is 0 Å². The lowest BCUT2D eigenvalue weighted by Gasteiger charge is -2.34. The Morgan fingerprint density at radius 2 is 1.02 bits per heavy atom. The largest absolute Gasteiger partial charge is 0.359 e. The number of halogens is 2. The van der Waals surface area contributed by atoms with Crippen LogP contribution in [-0.2, 0) is 15.9 Å². The van der Waals surface area contributed by atoms with Crippen LogP contribution in [-0.4, -0.2) is 4.57 Å². The van der Waals surface area contributed by atoms with Crippen molar-refractivity contribution in [2.75, 3.05) is 4.90 Å². The Kier molecular flexibility index (Phi) is 8.94. The Bertz CT molecular complexity index is 2270. The van der Waals surface area contributed by atoms with E-state index in [0.717, 1.165) is 62.9 Å². The molecule has 0 unspecified atom stereocenters. The van der Waals surface area contributed by atoms with Crippen molar-refractivity contribution in [3.8, 4) is 16.8 Å². The van der Waals surface area contributed by atoms with Crippen LogP contribution in [0.15, 0.2) is 142 Å². The Balaban J connectivity index is 1.42. The van der Waals surface area contributed by atoms with E-state index >= 15 is 0 Å². The number of ether oxygens (including phenoxy) is 1. The van der Waals surface area contributed by atoms with E-state index in [-0.39, 0.29) is 11.2 Å². The summed E-state index contributed by atoms with van der Waals surface area (Å²) < 4.78 is 11.7. The summed E-state index contributed by atoms with van der Waals surface area (Å²) >= 11 is 7.34. The zero-order valence-electron chi connectivity index (χ0n) is 29.6. The zero-order chi connectivity index (χ0) is 35.3. The minimum atomic E-state index is -0.300. The van der Waals surface area contributed by atoms with Crippen molar-refractivity contribution in [2.24, 2.45) is 0 Å². The van der Waals surface area contributed by atoms with E-state index in [1.54, 1.807) is 0 Å². The van der Waals surface area contributed by atoms with E-state index in [9.17, 15) is 0 Å². The molecule has 0 bridgehead atoms. The summed E-state index contributed by atoms with van der Waals surface area (Å²) in [5.41, 5.74) is 11.2. The van der Waals surface area contributed by atoms with Crippen molar-refractivity contribution >= 4 is 70.7 Å². The summed E-state index contributed by atoms with van der Waals surface area (Å²) in [6.45, 7) is 9.08. The van der Waals surface area contributed by atoms with Crippen LogP contribution in [0.4, 0.5) is 17.1 Å². The van der Waals surface area contributed by atoms with Gasteiger partial charge in [-0.2, -0.15) is 0 Å². The summed E-state index contributed by atoms with van der Waals surface area (Å²) in [6.07, 6.45) is 3.80. The van der Waals surface area contributed by atoms with Crippen LogP contribution in [0.1, 0.15) is 64.5 Å². The van der Waals surface area contributed by atoms with Crippen LogP contribution in [0.5, 0.6) is 0 Å². The number of rotatable bonds is 9. The van der Waals surface area contributed by atoms with Gasteiger partial charge in [-0.3, -0.25) is 0 Å². The number of hydrogen-bond acceptors (Lipinski definition) is 2. The van der Waals surface area contributed by atoms with Gasteiger partial charge in [0, 0.05) is 42.5 Å². The molecule has 0 saturated heterocycles. The smallest absolute Gasteiger partial charge is 0.0942 e. The van der Waals surface area contributed by atoms with Crippen LogP contribution in [0.25, 0.3) is 38.6 Å². The van der Waals surface area contributed by atoms with Gasteiger partial charge < -0.3 is 14.2 Å². The van der Waals surface area contributed by atoms with Crippen LogP contribution < -0.4 is 4.90 Å². The molecule has 0 amide bonds. The molecule has 5 heteroatoms. The average Bonchev–Trinajstić information content (AvgIpc) is 3.67. The normalized spacial score (nSPS) is 14.6. The first kappa shape index (κ1) is 34.0. The molecule has 0 spiro atoms. The zero-order valence-corrected chi connectivity index (χ0v) is 32.8. The van der Waals surface area contributed by atoms with E-state index < -0.39 is 0 Å². The lowest BCUT2D eigenvalue weighted by molar-refractivity contribution is -0.151. The molecule has 0 aliphatic carbocycles. The first-order chi connectivity index (χ1) is 24.8. The fourth-order valence-corrected chi connectivity index (χ4v) is 8.91. The maximum Gasteiger partial charge on any atom is 0.0942 e. The van der Waals surface area contributed by atoms with Gasteiger partial charge in [-0.1, -0.05) is 108 Å². The molecule has 51 heavy (non-hydrogen) atoms. The van der Waals surface area contributed by atoms with Crippen molar-refractivity contribution in [2.45, 2.75) is 64.6 Å². The van der Waals surface area contributed by atoms with E-state index in [2.05, 4.69) is 202 Å². The van der Waals surface area contributed by atoms with Gasteiger partial charge in [0.1, 0.15) is 0 Å². The molecule has 0 N–H and O–H groups in total. The van der Waals surface area contributed by atoms with Gasteiger partial charge in [-0.05, 0) is 133 Å². The minimum absolute atomic E-state index is 0.254. The maximum atomic E-state index is 7.15. The SMILES string of the molecule is CCC1(CC)OC(CC)(CC)c2cc(-c3cc(N(c4ccc(Br)cc4)c4ccc(Br)cc4)cc(-n4c5ccccc5c5ccccc54)c3)ccc21. The van der Waals surface area contributed by atoms with Crippen molar-refractivity contribution in [3.63, 3.8) is 0 Å². The van der Waals surface area contributed by atoms with E-state index in [0.29, 0.717) is 0 Å². The standard InChI is InChI=1S/C46H42Br2N2O/c1-5-45(6-2)41-26-17-31(29-42(41)46(7-3,8-4)51-45)32-27-37(49(35-22-18-33(47)19-23-35)36-24-20-34(48)21-25-36)30-38(28-32)50-43-15-11-9-13-39(43)40-14-10-12-16-44(40)50/h9-30H,5-8H2,1-4H3. The van der Waals surface area contributed by atoms with Gasteiger partial charge in [0.25, 0.3) is 0 Å². The molecule has 0 atom stereocenters. The lowest BCUT2D eigenvalue weighted by atomic mass is 9.81. The van der Waals surface area contributed by atoms with Crippen molar-refractivity contribution in [3.05, 3.63) is 154 Å². The van der Waals surface area contributed by atoms with Crippen LogP contribution in [0.3, 0.4) is 0 Å². The third-order valence-corrected chi connectivity index (χ3v) is 12.2. The molecule has 1 aliphatic heterocycles. The molecule has 6 aromatic carbocycles. The number of nitrogens with zero attached hydrogens (tertiary/aromatic N) is 2. The Labute approximate surface area is 318 Å². The fourth-order valence-electron chi connectivity index (χ4n) is 8.38. The number of fused-ring (bicyclic) bond motifs is 4. The van der Waals surface area contributed by atoms with Gasteiger partial charge in [-0.15, -0.1) is 0 Å². The maximum absolute atomic E-state index is 7.15. The fraction of sp³-hybridized carbons (Fsp3) is 0.217. The van der Waals surface area contributed by atoms with Gasteiger partial charge in [0.05, 0.1) is 22.2 Å². The first-order valence-corrected chi connectivity index (χ1v) is 19.7. The number of hydrogen-bond donors (Lipinski definition) is 0. The number of para-hydroxylation sites is 2. The van der Waals surface area contributed by atoms with Crippen molar-refractivity contribution < 1.29 is 4.74 Å². The second-order valence-corrected chi connectivity index (χ2v) is 15.5. The van der Waals surface area contributed by atoms with E-state index in [1.807, 2.05) is 0 Å². The molecule has 0 fully saturated rings. The predicted molar refractivity (Wildman–Crippen MR) is 222 cm³/mol. The number of benzene rings is 6. The van der Waals surface area contributed by atoms with Gasteiger partial charge in [-0.25, -0.2) is 0 Å². The third-order valence-electron chi connectivity index (χ3n) is 11.2. The third kappa shape index (κ3) is 5.65. The van der Waals surface area contributed by atoms with E-state index in [1.165, 1.54) is 38.5 Å². The first-order valence-electron chi connectivity index (χ1n) is 18.1. The van der Waals surface area contributed by atoms with Gasteiger partial charge in [0.15, 0.2) is 0 Å². The molecular formula is C46H42Br2N2O. The minimum Gasteiger partial charge on any atom is -0.359 e. The van der Waals surface area contributed by atoms with Crippen LogP contribution >= 0.6 is 31.9 Å². The summed E-state index contributed by atoms with van der Waals surface area (Å²) in [7, 11) is 0. The highest BCUT2D eigenvalue weighted by molar-refractivity contribution is 9.10. The van der Waals surface area contributed by atoms with Crippen LogP contribution in [0, 0.1) is 0 Å². The molecule has 1 aromatic heterocycles. The van der Waals surface area contributed by atoms with Gasteiger partial charge >= 0.3 is 0 Å². The van der Waals surface area contributed by atoms with Crippen molar-refractivity contribution in [1.29, 1.82) is 0 Å². The highest BCUT2D eigenvalue weighted by Crippen LogP contribution is 2.54. The molecule has 8 rings (SSSR count). The van der Waals surface area contributed by atoms with Crippen molar-refractivity contribution in [1.82, 2.24) is 4.57 Å². The molecule has 256 valence electrons. The molecule has 7 aromatic rings. The summed E-state index contributed by atoms with van der Waals surface area (Å²) in [6, 6.07) is 48.8. The second-order valence-electron chi connectivity index (χ2n) is 13.7. The number of anilines is 3. The molecular weight excluding hydrogens is 756 g/mol. The van der Waals surface area contributed by atoms with E-state index in [4.69, 9.17) is 4.74 Å². The summed E-state index contributed by atoms with van der Waals surface area (Å²) in [5, 5.41) is 2.50. The Morgan fingerprint density at radius 3 is 1.55 bits per heavy atom. The molecule has 2 heterocycles. The Hall–Kier alpha value is -4.16.